The van der Waals surface area contributed by atoms with Crippen molar-refractivity contribution in [2.75, 3.05) is 20.8 Å². The predicted molar refractivity (Wildman–Crippen MR) is 137 cm³/mol. The molecule has 0 aromatic heterocycles. The highest BCUT2D eigenvalue weighted by Crippen LogP contribution is 2.67. The van der Waals surface area contributed by atoms with Crippen molar-refractivity contribution in [2.24, 2.45) is 22.7 Å². The van der Waals surface area contributed by atoms with Crippen LogP contribution in [0.2, 0.25) is 0 Å². The summed E-state index contributed by atoms with van der Waals surface area (Å²) < 4.78 is 17.3. The number of amides is 1. The molecule has 1 saturated heterocycles. The Morgan fingerprint density at radius 1 is 1.06 bits per heavy atom. The van der Waals surface area contributed by atoms with Crippen molar-refractivity contribution in [3.63, 3.8) is 0 Å². The van der Waals surface area contributed by atoms with Crippen molar-refractivity contribution in [3.8, 4) is 11.5 Å². The van der Waals surface area contributed by atoms with E-state index in [0.29, 0.717) is 24.9 Å². The molecular formula is C30H39NO5. The monoisotopic (exact) mass is 493 g/mol. The van der Waals surface area contributed by atoms with Crippen LogP contribution in [0.25, 0.3) is 0 Å². The van der Waals surface area contributed by atoms with Crippen LogP contribution in [0.3, 0.4) is 0 Å². The summed E-state index contributed by atoms with van der Waals surface area (Å²) in [5, 5.41) is 10.3. The van der Waals surface area contributed by atoms with Gasteiger partial charge in [-0.1, -0.05) is 37.1 Å². The average Bonchev–Trinajstić information content (AvgIpc) is 3.35. The fourth-order valence-corrected chi connectivity index (χ4v) is 8.45. The molecule has 6 heteroatoms. The van der Waals surface area contributed by atoms with Crippen LogP contribution in [-0.4, -0.2) is 48.6 Å². The van der Waals surface area contributed by atoms with Crippen LogP contribution in [0.15, 0.2) is 41.5 Å². The first kappa shape index (κ1) is 23.9. The van der Waals surface area contributed by atoms with E-state index in [2.05, 4.69) is 26.0 Å². The Morgan fingerprint density at radius 2 is 1.86 bits per heavy atom. The summed E-state index contributed by atoms with van der Waals surface area (Å²) in [5.74, 6) is 2.43. The molecule has 1 aromatic carbocycles. The third kappa shape index (κ3) is 3.29. The zero-order valence-corrected chi connectivity index (χ0v) is 22.0. The SMILES string of the molecule is COc1ccc(CN2C[C@@]3(CC[C@H]4C5=CC=C6C[C@@H](O)CC[C@]6(C)[C@H]5CC[C@@]43C)OC2=O)c(OC)c1. The molecule has 5 aliphatic rings. The largest absolute Gasteiger partial charge is 0.497 e. The predicted octanol–water partition coefficient (Wildman–Crippen LogP) is 5.64. The van der Waals surface area contributed by atoms with Crippen LogP contribution in [0.5, 0.6) is 11.5 Å². The molecule has 194 valence electrons. The number of methoxy groups -OCH3 is 2. The Bertz CT molecular complexity index is 1140. The Labute approximate surface area is 214 Å². The number of fused-ring (bicyclic) bond motifs is 6. The highest BCUT2D eigenvalue weighted by Gasteiger charge is 2.67. The molecule has 36 heavy (non-hydrogen) atoms. The number of ether oxygens (including phenoxy) is 3. The summed E-state index contributed by atoms with van der Waals surface area (Å²) in [6, 6.07) is 5.74. The fourth-order valence-electron chi connectivity index (χ4n) is 8.45. The van der Waals surface area contributed by atoms with Gasteiger partial charge in [-0.15, -0.1) is 0 Å². The summed E-state index contributed by atoms with van der Waals surface area (Å²) in [4.78, 5) is 15.1. The summed E-state index contributed by atoms with van der Waals surface area (Å²) in [5.41, 5.74) is 3.58. The van der Waals surface area contributed by atoms with Gasteiger partial charge < -0.3 is 19.3 Å². The van der Waals surface area contributed by atoms with Gasteiger partial charge in [0.15, 0.2) is 0 Å². The van der Waals surface area contributed by atoms with Gasteiger partial charge in [-0.05, 0) is 74.3 Å². The van der Waals surface area contributed by atoms with Gasteiger partial charge in [0.2, 0.25) is 0 Å². The van der Waals surface area contributed by atoms with Crippen molar-refractivity contribution in [3.05, 3.63) is 47.1 Å². The van der Waals surface area contributed by atoms with Gasteiger partial charge in [-0.25, -0.2) is 4.79 Å². The molecule has 6 rings (SSSR count). The van der Waals surface area contributed by atoms with E-state index >= 15 is 0 Å². The van der Waals surface area contributed by atoms with Crippen LogP contribution < -0.4 is 9.47 Å². The number of carbonyl (C=O) groups excluding carboxylic acids is 1. The van der Waals surface area contributed by atoms with E-state index in [-0.39, 0.29) is 23.0 Å². The second-order valence-corrected chi connectivity index (χ2v) is 12.2. The van der Waals surface area contributed by atoms with E-state index in [1.807, 2.05) is 23.1 Å². The van der Waals surface area contributed by atoms with Crippen molar-refractivity contribution < 1.29 is 24.1 Å². The second kappa shape index (κ2) is 8.27. The molecule has 6 atom stereocenters. The molecule has 6 nitrogen and oxygen atoms in total. The number of nitrogens with zero attached hydrogens (tertiary/aromatic N) is 1. The summed E-state index contributed by atoms with van der Waals surface area (Å²) in [6.45, 7) is 5.89. The first-order valence-corrected chi connectivity index (χ1v) is 13.5. The van der Waals surface area contributed by atoms with Gasteiger partial charge in [-0.3, -0.25) is 4.90 Å². The molecule has 0 bridgehead atoms. The Hall–Kier alpha value is -2.47. The standard InChI is InChI=1S/C30H39NO5/c1-28-12-9-21(32)15-20(28)6-8-23-24(28)10-13-29(2)25(23)11-14-30(29)18-31(27(33)36-30)17-19-5-7-22(34-3)16-26(19)35-4/h5-8,16,21,24-25,32H,9-15,17-18H2,1-4H3/t21-,24-,25-,28-,29-,30+/m0/s1. The molecule has 0 unspecified atom stereocenters. The molecule has 4 aliphatic carbocycles. The molecule has 0 radical (unpaired) electrons. The maximum absolute atomic E-state index is 13.2. The van der Waals surface area contributed by atoms with Crippen LogP contribution >= 0.6 is 0 Å². The highest BCUT2D eigenvalue weighted by molar-refractivity contribution is 5.71. The van der Waals surface area contributed by atoms with E-state index in [1.165, 1.54) is 5.57 Å². The number of rotatable bonds is 4. The zero-order chi connectivity index (χ0) is 25.3. The second-order valence-electron chi connectivity index (χ2n) is 12.2. The molecule has 3 saturated carbocycles. The van der Waals surface area contributed by atoms with Crippen LogP contribution in [0, 0.1) is 22.7 Å². The smallest absolute Gasteiger partial charge is 0.410 e. The molecule has 4 fully saturated rings. The minimum atomic E-state index is -0.450. The lowest BCUT2D eigenvalue weighted by atomic mass is 9.50. The van der Waals surface area contributed by atoms with Crippen molar-refractivity contribution >= 4 is 6.09 Å². The maximum atomic E-state index is 13.2. The Kier molecular flexibility index (Phi) is 5.49. The number of carbonyl (C=O) groups is 1. The maximum Gasteiger partial charge on any atom is 0.410 e. The number of hydrogen-bond acceptors (Lipinski definition) is 5. The lowest BCUT2D eigenvalue weighted by molar-refractivity contribution is -0.0627. The number of aliphatic hydroxyl groups excluding tert-OH is 1. The van der Waals surface area contributed by atoms with Gasteiger partial charge in [0, 0.05) is 17.0 Å². The van der Waals surface area contributed by atoms with Gasteiger partial charge in [-0.2, -0.15) is 0 Å². The van der Waals surface area contributed by atoms with Crippen LogP contribution in [0.1, 0.15) is 64.4 Å². The first-order valence-electron chi connectivity index (χ1n) is 13.5. The zero-order valence-electron chi connectivity index (χ0n) is 22.0. The number of hydrogen-bond donors (Lipinski definition) is 1. The minimum Gasteiger partial charge on any atom is -0.497 e. The number of allylic oxidation sites excluding steroid dienone is 3. The minimum absolute atomic E-state index is 0.0698. The number of benzene rings is 1. The average molecular weight is 494 g/mol. The normalized spacial score (nSPS) is 39.1. The topological polar surface area (TPSA) is 68.2 Å². The van der Waals surface area contributed by atoms with E-state index in [9.17, 15) is 9.90 Å². The van der Waals surface area contributed by atoms with Gasteiger partial charge >= 0.3 is 6.09 Å². The third-order valence-electron chi connectivity index (χ3n) is 10.7. The van der Waals surface area contributed by atoms with Gasteiger partial charge in [0.25, 0.3) is 0 Å². The van der Waals surface area contributed by atoms with E-state index < -0.39 is 5.60 Å². The van der Waals surface area contributed by atoms with Gasteiger partial charge in [0.1, 0.15) is 17.1 Å². The first-order chi connectivity index (χ1) is 17.2. The fraction of sp³-hybridized carbons (Fsp3) is 0.633. The third-order valence-corrected chi connectivity index (χ3v) is 10.7. The van der Waals surface area contributed by atoms with Crippen molar-refractivity contribution in [2.45, 2.75) is 77.0 Å². The molecule has 1 amide bonds. The molecular weight excluding hydrogens is 454 g/mol. The van der Waals surface area contributed by atoms with E-state index in [4.69, 9.17) is 14.2 Å². The molecule has 1 N–H and O–H groups in total. The van der Waals surface area contributed by atoms with Crippen molar-refractivity contribution in [1.82, 2.24) is 4.90 Å². The summed E-state index contributed by atoms with van der Waals surface area (Å²) >= 11 is 0. The van der Waals surface area contributed by atoms with Crippen LogP contribution in [-0.2, 0) is 11.3 Å². The molecule has 1 heterocycles. The lowest BCUT2D eigenvalue weighted by Crippen LogP contribution is -2.53. The van der Waals surface area contributed by atoms with E-state index in [1.54, 1.807) is 19.8 Å². The highest BCUT2D eigenvalue weighted by atomic mass is 16.6. The quantitative estimate of drug-likeness (QED) is 0.588. The number of aliphatic hydroxyl groups is 1. The summed E-state index contributed by atoms with van der Waals surface area (Å²) in [7, 11) is 3.28. The van der Waals surface area contributed by atoms with Gasteiger partial charge in [0.05, 0.1) is 33.4 Å². The molecule has 1 aliphatic heterocycles. The molecule has 1 spiro atoms. The molecule has 1 aromatic rings. The Balaban J connectivity index is 1.26. The van der Waals surface area contributed by atoms with Crippen molar-refractivity contribution in [1.29, 1.82) is 0 Å². The lowest BCUT2D eigenvalue weighted by Gasteiger charge is -2.55. The van der Waals surface area contributed by atoms with Crippen LogP contribution in [0.4, 0.5) is 4.79 Å². The Morgan fingerprint density at radius 3 is 2.64 bits per heavy atom. The summed E-state index contributed by atoms with van der Waals surface area (Å²) in [6.07, 6.45) is 11.2. The van der Waals surface area contributed by atoms with E-state index in [0.717, 1.165) is 62.0 Å².